The molecule has 0 saturated heterocycles. The molecular weight excluding hydrogens is 739 g/mol. The molecule has 0 heterocycles. The molecule has 5 heteroatoms. The number of rotatable bonds is 49. The molecule has 3 atom stereocenters. The van der Waals surface area contributed by atoms with Crippen molar-refractivity contribution in [2.45, 2.75) is 302 Å². The van der Waals surface area contributed by atoms with Gasteiger partial charge < -0.3 is 20.6 Å². The molecule has 0 fully saturated rings. The standard InChI is InChI=1S/C55H105NO4/c1-3-5-7-9-11-13-15-17-19-21-23-25-26-27-28-30-32-34-36-38-40-42-44-46-48-50-54(59)55(60)56-52(51-57)53(58)49-47-45-43-41-39-37-35-33-31-29-24-22-20-18-16-14-12-10-8-6-4-2/h31,33,39,41,47,49,52-54,57-59H,3-30,32,34-38,40,42-46,48,50-51H2,1-2H3,(H,56,60)/b33-31+,41-39+,49-47+. The number of amides is 1. The number of unbranched alkanes of at least 4 members (excludes halogenated alkanes) is 37. The molecule has 0 aliphatic heterocycles. The summed E-state index contributed by atoms with van der Waals surface area (Å²) in [6.45, 7) is 4.19. The summed E-state index contributed by atoms with van der Waals surface area (Å²) in [7, 11) is 0. The second-order valence-electron chi connectivity index (χ2n) is 18.4. The molecule has 0 bridgehead atoms. The van der Waals surface area contributed by atoms with Crippen molar-refractivity contribution >= 4 is 5.91 Å². The Balaban J connectivity index is 3.63. The number of nitrogens with one attached hydrogen (secondary N) is 1. The van der Waals surface area contributed by atoms with E-state index in [1.807, 2.05) is 6.08 Å². The van der Waals surface area contributed by atoms with Crippen LogP contribution in [0.4, 0.5) is 0 Å². The van der Waals surface area contributed by atoms with Crippen LogP contribution in [0.15, 0.2) is 36.5 Å². The summed E-state index contributed by atoms with van der Waals surface area (Å²) in [4.78, 5) is 12.5. The van der Waals surface area contributed by atoms with E-state index in [0.29, 0.717) is 6.42 Å². The second kappa shape index (κ2) is 50.2. The van der Waals surface area contributed by atoms with Crippen molar-refractivity contribution in [1.29, 1.82) is 0 Å². The summed E-state index contributed by atoms with van der Waals surface area (Å²) in [6, 6.07) is -0.820. The van der Waals surface area contributed by atoms with Crippen LogP contribution in [0.1, 0.15) is 284 Å². The van der Waals surface area contributed by atoms with Crippen LogP contribution < -0.4 is 5.32 Å². The number of allylic oxidation sites excluding steroid dienone is 5. The average Bonchev–Trinajstić information content (AvgIpc) is 3.25. The predicted molar refractivity (Wildman–Crippen MR) is 264 cm³/mol. The quantitative estimate of drug-likeness (QED) is 0.0363. The third-order valence-electron chi connectivity index (χ3n) is 12.5. The molecule has 0 aliphatic rings. The maximum atomic E-state index is 12.5. The van der Waals surface area contributed by atoms with Crippen LogP contribution in [0.5, 0.6) is 0 Å². The fraction of sp³-hybridized carbons (Fsp3) is 0.873. The Morgan fingerprint density at radius 1 is 0.400 bits per heavy atom. The largest absolute Gasteiger partial charge is 0.394 e. The smallest absolute Gasteiger partial charge is 0.249 e. The Hall–Kier alpha value is -1.43. The third kappa shape index (κ3) is 44.6. The number of aliphatic hydroxyl groups excluding tert-OH is 3. The Labute approximate surface area is 374 Å². The molecule has 0 aliphatic carbocycles. The molecule has 0 rings (SSSR count). The molecule has 1 amide bonds. The highest BCUT2D eigenvalue weighted by Crippen LogP contribution is 2.17. The zero-order valence-electron chi connectivity index (χ0n) is 40.4. The second-order valence-corrected chi connectivity index (χ2v) is 18.4. The summed E-state index contributed by atoms with van der Waals surface area (Å²) in [5.41, 5.74) is 0. The van der Waals surface area contributed by atoms with E-state index in [0.717, 1.165) is 44.9 Å². The van der Waals surface area contributed by atoms with Gasteiger partial charge in [-0.2, -0.15) is 0 Å². The highest BCUT2D eigenvalue weighted by Gasteiger charge is 2.22. The first-order valence-corrected chi connectivity index (χ1v) is 26.8. The van der Waals surface area contributed by atoms with Gasteiger partial charge >= 0.3 is 0 Å². The van der Waals surface area contributed by atoms with E-state index in [4.69, 9.17) is 0 Å². The topological polar surface area (TPSA) is 89.8 Å². The number of carbonyl (C=O) groups excluding carboxylic acids is 1. The lowest BCUT2D eigenvalue weighted by molar-refractivity contribution is -0.131. The van der Waals surface area contributed by atoms with Crippen LogP contribution in [-0.4, -0.2) is 46.1 Å². The first-order chi connectivity index (χ1) is 29.6. The Morgan fingerprint density at radius 3 is 1.02 bits per heavy atom. The molecule has 0 radical (unpaired) electrons. The van der Waals surface area contributed by atoms with Crippen molar-refractivity contribution in [2.24, 2.45) is 0 Å². The van der Waals surface area contributed by atoms with Gasteiger partial charge in [0.05, 0.1) is 18.8 Å². The van der Waals surface area contributed by atoms with Gasteiger partial charge in [-0.25, -0.2) is 0 Å². The van der Waals surface area contributed by atoms with Gasteiger partial charge in [0.15, 0.2) is 0 Å². The molecule has 60 heavy (non-hydrogen) atoms. The summed E-state index contributed by atoms with van der Waals surface area (Å²) in [5, 5.41) is 33.3. The maximum Gasteiger partial charge on any atom is 0.249 e. The van der Waals surface area contributed by atoms with E-state index < -0.39 is 24.2 Å². The average molecular weight is 844 g/mol. The lowest BCUT2D eigenvalue weighted by Crippen LogP contribution is -2.48. The summed E-state index contributed by atoms with van der Waals surface area (Å²) in [6.07, 6.45) is 65.0. The summed E-state index contributed by atoms with van der Waals surface area (Å²) in [5.74, 6) is -0.512. The van der Waals surface area contributed by atoms with E-state index in [1.54, 1.807) is 6.08 Å². The minimum Gasteiger partial charge on any atom is -0.394 e. The lowest BCUT2D eigenvalue weighted by Gasteiger charge is -2.21. The highest BCUT2D eigenvalue weighted by molar-refractivity contribution is 5.80. The maximum absolute atomic E-state index is 12.5. The number of hydrogen-bond donors (Lipinski definition) is 4. The Morgan fingerprint density at radius 2 is 0.683 bits per heavy atom. The van der Waals surface area contributed by atoms with Gasteiger partial charge in [-0.1, -0.05) is 275 Å². The van der Waals surface area contributed by atoms with E-state index >= 15 is 0 Å². The molecule has 0 aromatic carbocycles. The zero-order valence-corrected chi connectivity index (χ0v) is 40.4. The molecule has 0 aromatic heterocycles. The van der Waals surface area contributed by atoms with E-state index in [9.17, 15) is 20.1 Å². The SMILES string of the molecule is CCCCCCCCCCCCC/C=C/CC/C=C/CC/C=C/C(O)C(CO)NC(=O)C(O)CCCCCCCCCCCCCCCCCCCCCCCCCCC. The van der Waals surface area contributed by atoms with Gasteiger partial charge in [0, 0.05) is 0 Å². The van der Waals surface area contributed by atoms with Crippen LogP contribution in [0.3, 0.4) is 0 Å². The van der Waals surface area contributed by atoms with E-state index in [1.165, 1.54) is 218 Å². The molecule has 0 spiro atoms. The molecule has 3 unspecified atom stereocenters. The van der Waals surface area contributed by atoms with Crippen molar-refractivity contribution in [2.75, 3.05) is 6.61 Å². The fourth-order valence-corrected chi connectivity index (χ4v) is 8.28. The number of carbonyl (C=O) groups is 1. The molecule has 5 nitrogen and oxygen atoms in total. The Bertz CT molecular complexity index is 931. The van der Waals surface area contributed by atoms with Gasteiger partial charge in [0.2, 0.25) is 5.91 Å². The molecule has 0 saturated carbocycles. The first kappa shape index (κ1) is 58.6. The zero-order chi connectivity index (χ0) is 43.7. The summed E-state index contributed by atoms with van der Waals surface area (Å²) >= 11 is 0. The van der Waals surface area contributed by atoms with Crippen LogP contribution >= 0.6 is 0 Å². The van der Waals surface area contributed by atoms with Crippen molar-refractivity contribution in [3.05, 3.63) is 36.5 Å². The van der Waals surface area contributed by atoms with E-state index in [-0.39, 0.29) is 6.61 Å². The molecular formula is C55H105NO4. The number of hydrogen-bond acceptors (Lipinski definition) is 4. The predicted octanol–water partition coefficient (Wildman–Crippen LogP) is 16.3. The normalized spacial score (nSPS) is 13.6. The van der Waals surface area contributed by atoms with Gasteiger partial charge in [0.25, 0.3) is 0 Å². The molecule has 354 valence electrons. The van der Waals surface area contributed by atoms with Gasteiger partial charge in [0.1, 0.15) is 6.10 Å². The van der Waals surface area contributed by atoms with Crippen molar-refractivity contribution in [3.8, 4) is 0 Å². The van der Waals surface area contributed by atoms with Crippen LogP contribution in [0.25, 0.3) is 0 Å². The lowest BCUT2D eigenvalue weighted by atomic mass is 10.0. The van der Waals surface area contributed by atoms with Gasteiger partial charge in [-0.15, -0.1) is 0 Å². The highest BCUT2D eigenvalue weighted by atomic mass is 16.3. The fourth-order valence-electron chi connectivity index (χ4n) is 8.28. The minimum atomic E-state index is -1.11. The first-order valence-electron chi connectivity index (χ1n) is 26.8. The third-order valence-corrected chi connectivity index (χ3v) is 12.5. The van der Waals surface area contributed by atoms with Crippen LogP contribution in [0, 0.1) is 0 Å². The van der Waals surface area contributed by atoms with Crippen LogP contribution in [-0.2, 0) is 4.79 Å². The van der Waals surface area contributed by atoms with Crippen molar-refractivity contribution < 1.29 is 20.1 Å². The monoisotopic (exact) mass is 844 g/mol. The molecule has 0 aromatic rings. The molecule has 4 N–H and O–H groups in total. The van der Waals surface area contributed by atoms with Gasteiger partial charge in [-0.05, 0) is 44.9 Å². The van der Waals surface area contributed by atoms with Crippen molar-refractivity contribution in [1.82, 2.24) is 5.32 Å². The van der Waals surface area contributed by atoms with Crippen LogP contribution in [0.2, 0.25) is 0 Å². The summed E-state index contributed by atoms with van der Waals surface area (Å²) < 4.78 is 0. The number of aliphatic hydroxyl groups is 3. The minimum absolute atomic E-state index is 0.379. The van der Waals surface area contributed by atoms with Crippen molar-refractivity contribution in [3.63, 3.8) is 0 Å². The Kier molecular flexibility index (Phi) is 49.0. The van der Waals surface area contributed by atoms with Gasteiger partial charge in [-0.3, -0.25) is 4.79 Å². The van der Waals surface area contributed by atoms with E-state index in [2.05, 4.69) is 43.5 Å².